The number of rotatable bonds is 8. The van der Waals surface area contributed by atoms with Gasteiger partial charge in [0.25, 0.3) is 0 Å². The fourth-order valence-corrected chi connectivity index (χ4v) is 13.0. The van der Waals surface area contributed by atoms with E-state index in [9.17, 15) is 20.9 Å². The largest absolute Gasteiger partial charge is 0.496 e. The number of hydrogen-bond donors (Lipinski definition) is 4. The topological polar surface area (TPSA) is 180 Å². The lowest BCUT2D eigenvalue weighted by Gasteiger charge is -2.63. The Morgan fingerprint density at radius 2 is 1.89 bits per heavy atom. The Labute approximate surface area is 333 Å². The maximum absolute atomic E-state index is 15.3. The van der Waals surface area contributed by atoms with Gasteiger partial charge in [-0.05, 0) is 79.8 Å². The fraction of sp³-hybridized carbons (Fsp3) is 0.605. The number of aliphatic hydroxyl groups excluding tert-OH is 1. The third kappa shape index (κ3) is 5.04. The average Bonchev–Trinajstić information content (AvgIpc) is 3.88. The summed E-state index contributed by atoms with van der Waals surface area (Å²) in [5.74, 6) is -2.16. The minimum atomic E-state index is -2.15. The van der Waals surface area contributed by atoms with Crippen LogP contribution in [-0.4, -0.2) is 126 Å². The lowest BCUT2D eigenvalue weighted by molar-refractivity contribution is -0.319. The van der Waals surface area contributed by atoms with Crippen LogP contribution in [0.2, 0.25) is 0 Å². The van der Waals surface area contributed by atoms with E-state index in [1.807, 2.05) is 50.1 Å². The zero-order valence-electron chi connectivity index (χ0n) is 33.6. The SMILES string of the molecule is CC[C@]1(O)CC2CN(CCc3c([nH]c4ccccc34)[C@@](C(=O)OC)(c3cc4c(cc3OC)N(C)C3C45CCN4CC=C[C@](CC)(C45)[C@@H](O)[C@]3(O)OCN=[N+]=[N-])C2)C1. The molecule has 14 heteroatoms. The molecule has 304 valence electrons. The molecular weight excluding hydrogens is 727 g/mol. The van der Waals surface area contributed by atoms with Gasteiger partial charge in [0.2, 0.25) is 5.79 Å². The molecule has 1 saturated carbocycles. The van der Waals surface area contributed by atoms with Gasteiger partial charge in [0.15, 0.2) is 0 Å². The number of likely N-dealkylation sites (N-methyl/N-ethyl adjacent to an activating group) is 1. The summed E-state index contributed by atoms with van der Waals surface area (Å²) >= 11 is 0. The first-order chi connectivity index (χ1) is 27.4. The third-order valence-corrected chi connectivity index (χ3v) is 15.2. The molecule has 57 heavy (non-hydrogen) atoms. The molecule has 9 rings (SSSR count). The van der Waals surface area contributed by atoms with E-state index in [2.05, 4.69) is 49.1 Å². The Kier molecular flexibility index (Phi) is 9.06. The summed E-state index contributed by atoms with van der Waals surface area (Å²) in [5, 5.41) is 42.0. The van der Waals surface area contributed by atoms with Crippen molar-refractivity contribution in [2.75, 3.05) is 65.6 Å². The summed E-state index contributed by atoms with van der Waals surface area (Å²) in [7, 11) is 4.96. The number of para-hydroxylation sites is 1. The van der Waals surface area contributed by atoms with E-state index in [0.29, 0.717) is 69.5 Å². The summed E-state index contributed by atoms with van der Waals surface area (Å²) in [5.41, 5.74) is 10.3. The van der Waals surface area contributed by atoms with Crippen molar-refractivity contribution in [2.24, 2.45) is 16.4 Å². The van der Waals surface area contributed by atoms with Crippen LogP contribution in [0.1, 0.15) is 68.3 Å². The first-order valence-electron chi connectivity index (χ1n) is 20.5. The van der Waals surface area contributed by atoms with Crippen LogP contribution < -0.4 is 9.64 Å². The van der Waals surface area contributed by atoms with E-state index < -0.39 is 52.5 Å². The fourth-order valence-electron chi connectivity index (χ4n) is 13.0. The van der Waals surface area contributed by atoms with Gasteiger partial charge in [-0.25, -0.2) is 0 Å². The maximum Gasteiger partial charge on any atom is 0.322 e. The number of methoxy groups -OCH3 is 2. The highest BCUT2D eigenvalue weighted by Gasteiger charge is 2.77. The average molecular weight is 782 g/mol. The zero-order valence-corrected chi connectivity index (χ0v) is 33.6. The number of carbonyl (C=O) groups excluding carboxylic acids is 1. The Bertz CT molecular complexity index is 2190. The normalized spacial score (nSPS) is 37.9. The van der Waals surface area contributed by atoms with Crippen LogP contribution in [0.25, 0.3) is 21.3 Å². The molecule has 3 fully saturated rings. The zero-order chi connectivity index (χ0) is 40.1. The summed E-state index contributed by atoms with van der Waals surface area (Å²) in [6.07, 6.45) is 6.06. The van der Waals surface area contributed by atoms with Crippen molar-refractivity contribution < 1.29 is 34.3 Å². The second kappa shape index (κ2) is 13.5. The minimum Gasteiger partial charge on any atom is -0.496 e. The smallest absolute Gasteiger partial charge is 0.322 e. The van der Waals surface area contributed by atoms with Crippen LogP contribution >= 0.6 is 0 Å². The number of benzene rings is 2. The first-order valence-corrected chi connectivity index (χ1v) is 20.5. The van der Waals surface area contributed by atoms with E-state index in [1.54, 1.807) is 7.11 Å². The number of H-pyrrole nitrogens is 1. The quantitative estimate of drug-likeness (QED) is 0.0636. The molecule has 6 aliphatic rings. The molecule has 5 aliphatic heterocycles. The number of piperidine rings is 1. The monoisotopic (exact) mass is 781 g/mol. The maximum atomic E-state index is 15.3. The first kappa shape index (κ1) is 38.4. The van der Waals surface area contributed by atoms with Crippen molar-refractivity contribution >= 4 is 22.6 Å². The lowest BCUT2D eigenvalue weighted by Crippen LogP contribution is -2.79. The molecule has 6 heterocycles. The molecule has 0 radical (unpaired) electrons. The molecule has 2 bridgehead atoms. The molecule has 0 amide bonds. The molecule has 1 aliphatic carbocycles. The van der Waals surface area contributed by atoms with Crippen molar-refractivity contribution in [1.29, 1.82) is 0 Å². The molecule has 4 N–H and O–H groups in total. The van der Waals surface area contributed by atoms with Gasteiger partial charge in [-0.1, -0.05) is 49.3 Å². The van der Waals surface area contributed by atoms with E-state index in [0.717, 1.165) is 46.5 Å². The van der Waals surface area contributed by atoms with Crippen molar-refractivity contribution in [3.8, 4) is 5.75 Å². The van der Waals surface area contributed by atoms with Gasteiger partial charge in [-0.2, -0.15) is 0 Å². The highest BCUT2D eigenvalue weighted by Crippen LogP contribution is 2.67. The van der Waals surface area contributed by atoms with E-state index >= 15 is 4.79 Å². The minimum absolute atomic E-state index is 0.0751. The predicted molar refractivity (Wildman–Crippen MR) is 214 cm³/mol. The molecule has 14 nitrogen and oxygen atoms in total. The van der Waals surface area contributed by atoms with Gasteiger partial charge < -0.3 is 39.4 Å². The number of ether oxygens (including phenoxy) is 3. The van der Waals surface area contributed by atoms with Crippen LogP contribution in [-0.2, 0) is 31.5 Å². The summed E-state index contributed by atoms with van der Waals surface area (Å²) in [6.45, 7) is 7.01. The van der Waals surface area contributed by atoms with Gasteiger partial charge in [-0.15, -0.1) is 0 Å². The Balaban J connectivity index is 1.34. The number of nitrogens with one attached hydrogen (secondary N) is 1. The van der Waals surface area contributed by atoms with Gasteiger partial charge in [0.1, 0.15) is 24.0 Å². The molecule has 1 spiro atoms. The van der Waals surface area contributed by atoms with Crippen LogP contribution in [0, 0.1) is 11.3 Å². The molecule has 10 atom stereocenters. The summed E-state index contributed by atoms with van der Waals surface area (Å²) < 4.78 is 18.5. The number of esters is 1. The number of hydrogen-bond acceptors (Lipinski definition) is 11. The lowest BCUT2D eigenvalue weighted by atomic mass is 9.50. The van der Waals surface area contributed by atoms with Gasteiger partial charge in [0.05, 0.1) is 25.9 Å². The van der Waals surface area contributed by atoms with Gasteiger partial charge in [-0.3, -0.25) is 14.6 Å². The second-order valence-corrected chi connectivity index (χ2v) is 17.6. The van der Waals surface area contributed by atoms with E-state index in [4.69, 9.17) is 14.2 Å². The van der Waals surface area contributed by atoms with Crippen LogP contribution in [0.5, 0.6) is 5.75 Å². The van der Waals surface area contributed by atoms with Crippen LogP contribution in [0.3, 0.4) is 0 Å². The molecule has 3 aromatic rings. The number of aliphatic hydroxyl groups is 3. The third-order valence-electron chi connectivity index (χ3n) is 15.2. The molecule has 5 unspecified atom stereocenters. The number of nitrogens with zero attached hydrogens (tertiary/aromatic N) is 6. The molecule has 2 aromatic carbocycles. The number of aromatic amines is 1. The number of fused-ring (bicyclic) bond motifs is 6. The van der Waals surface area contributed by atoms with Crippen molar-refractivity contribution in [3.63, 3.8) is 0 Å². The van der Waals surface area contributed by atoms with Crippen molar-refractivity contribution in [1.82, 2.24) is 14.8 Å². The predicted octanol–water partition coefficient (Wildman–Crippen LogP) is 4.49. The van der Waals surface area contributed by atoms with Gasteiger partial charge >= 0.3 is 5.97 Å². The molecule has 1 aromatic heterocycles. The van der Waals surface area contributed by atoms with Crippen molar-refractivity contribution in [3.05, 3.63) is 81.4 Å². The van der Waals surface area contributed by atoms with Gasteiger partial charge in [0, 0.05) is 88.9 Å². The number of carbonyl (C=O) groups is 1. The van der Waals surface area contributed by atoms with Crippen LogP contribution in [0.15, 0.2) is 53.7 Å². The van der Waals surface area contributed by atoms with E-state index in [-0.39, 0.29) is 12.0 Å². The van der Waals surface area contributed by atoms with E-state index in [1.165, 1.54) is 7.11 Å². The highest BCUT2D eigenvalue weighted by molar-refractivity contribution is 5.94. The second-order valence-electron chi connectivity index (χ2n) is 17.6. The summed E-state index contributed by atoms with van der Waals surface area (Å²) in [4.78, 5) is 28.7. The van der Waals surface area contributed by atoms with Crippen LogP contribution in [0.4, 0.5) is 5.69 Å². The Morgan fingerprint density at radius 1 is 1.09 bits per heavy atom. The molecular formula is C43H55N7O7. The Hall–Kier alpha value is -4.14. The van der Waals surface area contributed by atoms with Crippen molar-refractivity contribution in [2.45, 2.75) is 92.8 Å². The number of anilines is 1. The summed E-state index contributed by atoms with van der Waals surface area (Å²) in [6, 6.07) is 11.2. The number of azide groups is 1. The highest BCUT2D eigenvalue weighted by atomic mass is 16.6. The standard InChI is InChI=1S/C43H55N7O7/c1-6-39(53)21-26-22-42(38(52)56-5,34-28(13-17-49(23-26)24-39)27-11-8-9-12-31(27)46-34)30-19-29-32(20-33(30)55-4)48(3)36-41(29)15-18-50-16-10-14-40(7-2,35(41)50)37(51)43(36,54)57-25-45-47-44/h8-12,14,19-20,26,35-37,46,51,53-54H,6-7,13,15-18,21-25H2,1-5H3/t26?,35?,36?,37-,39+,40-,41?,42+,43-/m1/s1. The number of aromatic nitrogens is 1. The Morgan fingerprint density at radius 3 is 2.63 bits per heavy atom. The molecule has 2 saturated heterocycles.